The summed E-state index contributed by atoms with van der Waals surface area (Å²) in [6, 6.07) is 19.9. The van der Waals surface area contributed by atoms with Crippen LogP contribution in [0.2, 0.25) is 0 Å². The lowest BCUT2D eigenvalue weighted by Gasteiger charge is -2.36. The fourth-order valence-corrected chi connectivity index (χ4v) is 8.74. The second-order valence-corrected chi connectivity index (χ2v) is 15.4. The molecule has 0 aromatic heterocycles. The van der Waals surface area contributed by atoms with Crippen LogP contribution >= 0.6 is 0 Å². The van der Waals surface area contributed by atoms with Crippen LogP contribution in [0, 0.1) is 5.82 Å². The monoisotopic (exact) mass is 800 g/mol. The van der Waals surface area contributed by atoms with Crippen molar-refractivity contribution in [3.05, 3.63) is 118 Å². The standard InChI is InChI=1S/C44H44F4N4O6/c45-29-6-11-34(37(23-29)44(46,47)48)36-26-58-39-24-31(53)8-13-35(39)41(36)27-4-9-32(10-5-27)57-21-3-1-2-16-50-17-19-51(20-18-50)30-7-12-33-28(22-30)25-52(43(33)56)38-14-15-40(54)49-42(38)55/h4-13,22-24,36,38,41,53H,1-3,14-21,25-26H2,(H,49,54,55). The number of imide groups is 1. The molecule has 4 aromatic rings. The van der Waals surface area contributed by atoms with Gasteiger partial charge in [0.2, 0.25) is 11.8 Å². The van der Waals surface area contributed by atoms with E-state index in [9.17, 15) is 37.1 Å². The fraction of sp³-hybridized carbons (Fsp3) is 0.386. The molecule has 2 N–H and O–H groups in total. The van der Waals surface area contributed by atoms with Crippen LogP contribution in [0.5, 0.6) is 17.2 Å². The van der Waals surface area contributed by atoms with Gasteiger partial charge in [-0.15, -0.1) is 0 Å². The number of hydrogen-bond donors (Lipinski definition) is 2. The van der Waals surface area contributed by atoms with Gasteiger partial charge < -0.3 is 24.4 Å². The molecule has 3 unspecified atom stereocenters. The maximum atomic E-state index is 14.1. The summed E-state index contributed by atoms with van der Waals surface area (Å²) in [4.78, 5) is 43.4. The molecule has 0 bridgehead atoms. The lowest BCUT2D eigenvalue weighted by Crippen LogP contribution is -2.52. The first kappa shape index (κ1) is 39.2. The first-order valence-corrected chi connectivity index (χ1v) is 19.7. The zero-order chi connectivity index (χ0) is 40.6. The van der Waals surface area contributed by atoms with Crippen LogP contribution in [0.25, 0.3) is 0 Å². The van der Waals surface area contributed by atoms with E-state index in [4.69, 9.17) is 9.47 Å². The third kappa shape index (κ3) is 8.20. The number of alkyl halides is 3. The van der Waals surface area contributed by atoms with E-state index in [2.05, 4.69) is 21.2 Å². The van der Waals surface area contributed by atoms with Crippen LogP contribution in [0.1, 0.15) is 82.1 Å². The van der Waals surface area contributed by atoms with Crippen LogP contribution in [-0.4, -0.2) is 84.6 Å². The minimum atomic E-state index is -4.76. The highest BCUT2D eigenvalue weighted by molar-refractivity contribution is 6.05. The highest BCUT2D eigenvalue weighted by atomic mass is 19.4. The number of piperazine rings is 1. The third-order valence-corrected chi connectivity index (χ3v) is 11.7. The number of fused-ring (bicyclic) bond motifs is 2. The number of anilines is 1. The fourth-order valence-electron chi connectivity index (χ4n) is 8.74. The summed E-state index contributed by atoms with van der Waals surface area (Å²) >= 11 is 0. The molecular weight excluding hydrogens is 756 g/mol. The number of rotatable bonds is 11. The van der Waals surface area contributed by atoms with Crippen molar-refractivity contribution in [2.75, 3.05) is 50.8 Å². The number of nitrogens with zero attached hydrogens (tertiary/aromatic N) is 3. The number of benzene rings is 4. The number of ether oxygens (including phenoxy) is 2. The first-order valence-electron chi connectivity index (χ1n) is 19.7. The molecule has 10 nitrogen and oxygen atoms in total. The van der Waals surface area contributed by atoms with Crippen molar-refractivity contribution in [2.24, 2.45) is 0 Å². The molecule has 304 valence electrons. The summed E-state index contributed by atoms with van der Waals surface area (Å²) in [6.45, 7) is 5.31. The summed E-state index contributed by atoms with van der Waals surface area (Å²) in [7, 11) is 0. The molecule has 8 rings (SSSR count). The maximum Gasteiger partial charge on any atom is 0.416 e. The number of amides is 3. The van der Waals surface area contributed by atoms with Gasteiger partial charge >= 0.3 is 6.18 Å². The highest BCUT2D eigenvalue weighted by Crippen LogP contribution is 2.49. The largest absolute Gasteiger partial charge is 0.508 e. The topological polar surface area (TPSA) is 112 Å². The molecule has 2 fully saturated rings. The molecule has 0 spiro atoms. The second-order valence-electron chi connectivity index (χ2n) is 15.4. The molecule has 3 amide bonds. The van der Waals surface area contributed by atoms with Crippen molar-refractivity contribution in [3.8, 4) is 17.2 Å². The lowest BCUT2D eigenvalue weighted by molar-refractivity contribution is -0.139. The number of hydrogen-bond acceptors (Lipinski definition) is 8. The molecule has 4 aromatic carbocycles. The van der Waals surface area contributed by atoms with E-state index >= 15 is 0 Å². The van der Waals surface area contributed by atoms with Crippen LogP contribution in [0.15, 0.2) is 78.9 Å². The Hall–Kier alpha value is -5.63. The van der Waals surface area contributed by atoms with Gasteiger partial charge in [0, 0.05) is 73.9 Å². The van der Waals surface area contributed by atoms with Crippen LogP contribution < -0.4 is 19.7 Å². The Morgan fingerprint density at radius 2 is 1.64 bits per heavy atom. The molecule has 58 heavy (non-hydrogen) atoms. The van der Waals surface area contributed by atoms with E-state index in [1.165, 1.54) is 18.2 Å². The van der Waals surface area contributed by atoms with E-state index in [0.717, 1.165) is 74.9 Å². The quantitative estimate of drug-likeness (QED) is 0.0950. The Morgan fingerprint density at radius 1 is 0.862 bits per heavy atom. The first-order chi connectivity index (χ1) is 27.9. The van der Waals surface area contributed by atoms with Crippen molar-refractivity contribution in [1.29, 1.82) is 0 Å². The number of carbonyl (C=O) groups is 3. The van der Waals surface area contributed by atoms with Gasteiger partial charge in [-0.25, -0.2) is 4.39 Å². The predicted molar refractivity (Wildman–Crippen MR) is 207 cm³/mol. The minimum absolute atomic E-state index is 0.0184. The van der Waals surface area contributed by atoms with E-state index in [-0.39, 0.29) is 36.2 Å². The molecule has 2 saturated heterocycles. The van der Waals surface area contributed by atoms with Gasteiger partial charge in [0.15, 0.2) is 0 Å². The summed E-state index contributed by atoms with van der Waals surface area (Å²) in [5, 5.41) is 12.4. The Morgan fingerprint density at radius 3 is 2.40 bits per heavy atom. The number of nitrogens with one attached hydrogen (secondary N) is 1. The predicted octanol–water partition coefficient (Wildman–Crippen LogP) is 6.99. The van der Waals surface area contributed by atoms with E-state index in [1.807, 2.05) is 36.4 Å². The third-order valence-electron chi connectivity index (χ3n) is 11.7. The number of aromatic hydroxyl groups is 1. The number of phenols is 1. The molecule has 4 aliphatic heterocycles. The van der Waals surface area contributed by atoms with Gasteiger partial charge in [0.25, 0.3) is 5.91 Å². The number of unbranched alkanes of at least 4 members (excludes halogenated alkanes) is 2. The number of phenolic OH excluding ortho intramolecular Hbond substituents is 1. The molecular formula is C44H44F4N4O6. The number of carbonyl (C=O) groups excluding carboxylic acids is 3. The summed E-state index contributed by atoms with van der Waals surface area (Å²) in [6.07, 6.45) is -1.34. The van der Waals surface area contributed by atoms with Crippen LogP contribution in [-0.2, 0) is 22.3 Å². The van der Waals surface area contributed by atoms with E-state index < -0.39 is 41.3 Å². The zero-order valence-corrected chi connectivity index (χ0v) is 31.8. The van der Waals surface area contributed by atoms with E-state index in [1.54, 1.807) is 11.0 Å². The van der Waals surface area contributed by atoms with Gasteiger partial charge in [0.05, 0.1) is 18.8 Å². The maximum absolute atomic E-state index is 14.1. The van der Waals surface area contributed by atoms with Crippen LogP contribution in [0.3, 0.4) is 0 Å². The molecule has 0 aliphatic carbocycles. The second kappa shape index (κ2) is 16.3. The average molecular weight is 801 g/mol. The Balaban J connectivity index is 0.804. The van der Waals surface area contributed by atoms with Crippen molar-refractivity contribution in [2.45, 2.75) is 62.7 Å². The summed E-state index contributed by atoms with van der Waals surface area (Å²) < 4.78 is 68.2. The minimum Gasteiger partial charge on any atom is -0.508 e. The molecule has 4 heterocycles. The Kier molecular flexibility index (Phi) is 11.0. The molecule has 0 radical (unpaired) electrons. The Labute approximate surface area is 333 Å². The SMILES string of the molecule is O=C1CCC(N2Cc3cc(N4CCN(CCCCCOc5ccc(C6c7ccc(O)cc7OCC6c6ccc(F)cc6C(F)(F)F)cc5)CC4)ccc3C2=O)C(=O)N1. The van der Waals surface area contributed by atoms with Crippen molar-refractivity contribution >= 4 is 23.4 Å². The normalized spacial score (nSPS) is 21.0. The van der Waals surface area contributed by atoms with Crippen molar-refractivity contribution in [3.63, 3.8) is 0 Å². The molecule has 4 aliphatic rings. The smallest absolute Gasteiger partial charge is 0.416 e. The Bertz CT molecular complexity index is 2190. The van der Waals surface area contributed by atoms with Gasteiger partial charge in [-0.1, -0.05) is 24.3 Å². The molecule has 14 heteroatoms. The lowest BCUT2D eigenvalue weighted by atomic mass is 9.74. The molecule has 0 saturated carbocycles. The zero-order valence-electron chi connectivity index (χ0n) is 31.8. The van der Waals surface area contributed by atoms with Gasteiger partial charge in [-0.05, 0) is 97.4 Å². The average Bonchev–Trinajstić information content (AvgIpc) is 3.53. The van der Waals surface area contributed by atoms with Crippen molar-refractivity contribution in [1.82, 2.24) is 15.1 Å². The van der Waals surface area contributed by atoms with Gasteiger partial charge in [-0.3, -0.25) is 24.6 Å². The molecule has 3 atom stereocenters. The summed E-state index contributed by atoms with van der Waals surface area (Å²) in [5.74, 6) is -2.16. The summed E-state index contributed by atoms with van der Waals surface area (Å²) in [5.41, 5.74) is 2.85. The number of halogens is 4. The van der Waals surface area contributed by atoms with Gasteiger partial charge in [-0.2, -0.15) is 13.2 Å². The van der Waals surface area contributed by atoms with E-state index in [0.29, 0.717) is 48.3 Å². The van der Waals surface area contributed by atoms with Gasteiger partial charge in [0.1, 0.15) is 29.1 Å². The highest BCUT2D eigenvalue weighted by Gasteiger charge is 2.42. The number of piperidine rings is 1. The van der Waals surface area contributed by atoms with Crippen LogP contribution in [0.4, 0.5) is 23.2 Å². The van der Waals surface area contributed by atoms with Crippen molar-refractivity contribution < 1.29 is 46.5 Å².